The molecule has 20 heavy (non-hydrogen) atoms. The summed E-state index contributed by atoms with van der Waals surface area (Å²) < 4.78 is 3.21. The predicted molar refractivity (Wildman–Crippen MR) is 82.6 cm³/mol. The Bertz CT molecular complexity index is 607. The molecule has 0 saturated heterocycles. The number of nitrogens with two attached hydrogens (primary N) is 1. The van der Waals surface area contributed by atoms with Crippen LogP contribution in [0.25, 0.3) is 0 Å². The lowest BCUT2D eigenvalue weighted by Crippen LogP contribution is -2.34. The molecule has 2 N–H and O–H groups in total. The fraction of sp³-hybridized carbons (Fsp3) is 0.429. The number of aromatic nitrogens is 3. The van der Waals surface area contributed by atoms with Crippen molar-refractivity contribution in [3.05, 3.63) is 40.4 Å². The van der Waals surface area contributed by atoms with Crippen molar-refractivity contribution >= 4 is 21.6 Å². The van der Waals surface area contributed by atoms with Crippen LogP contribution in [0.4, 0.5) is 5.69 Å². The minimum Gasteiger partial charge on any atom is -0.362 e. The zero-order chi connectivity index (χ0) is 14.1. The smallest absolute Gasteiger partial charge is 0.152 e. The first-order valence-corrected chi connectivity index (χ1v) is 7.58. The maximum Gasteiger partial charge on any atom is 0.152 e. The van der Waals surface area contributed by atoms with Gasteiger partial charge < -0.3 is 15.2 Å². The van der Waals surface area contributed by atoms with Gasteiger partial charge in [0, 0.05) is 29.3 Å². The molecule has 1 atom stereocenters. The van der Waals surface area contributed by atoms with Crippen LogP contribution in [0.2, 0.25) is 0 Å². The third-order valence-corrected chi connectivity index (χ3v) is 4.06. The molecule has 5 nitrogen and oxygen atoms in total. The van der Waals surface area contributed by atoms with Gasteiger partial charge in [-0.1, -0.05) is 15.9 Å². The summed E-state index contributed by atoms with van der Waals surface area (Å²) in [6.07, 6.45) is 2.68. The summed E-state index contributed by atoms with van der Waals surface area (Å²) in [5.41, 5.74) is 8.50. The Morgan fingerprint density at radius 2 is 2.25 bits per heavy atom. The lowest BCUT2D eigenvalue weighted by molar-refractivity contribution is 0.558. The maximum atomic E-state index is 5.97. The first-order valence-electron chi connectivity index (χ1n) is 6.79. The Morgan fingerprint density at radius 1 is 1.40 bits per heavy atom. The number of rotatable bonds is 3. The molecule has 1 aliphatic heterocycles. The van der Waals surface area contributed by atoms with Crippen LogP contribution < -0.4 is 10.6 Å². The van der Waals surface area contributed by atoms with Crippen molar-refractivity contribution in [2.24, 2.45) is 5.73 Å². The Balaban J connectivity index is 1.90. The number of anilines is 1. The normalized spacial score (nSPS) is 16.1. The van der Waals surface area contributed by atoms with E-state index in [0.717, 1.165) is 36.4 Å². The van der Waals surface area contributed by atoms with E-state index in [1.54, 1.807) is 6.33 Å². The highest BCUT2D eigenvalue weighted by molar-refractivity contribution is 9.10. The van der Waals surface area contributed by atoms with Gasteiger partial charge in [0.25, 0.3) is 0 Å². The molecule has 3 rings (SSSR count). The van der Waals surface area contributed by atoms with Crippen LogP contribution in [0.5, 0.6) is 0 Å². The molecule has 1 unspecified atom stereocenters. The Kier molecular flexibility index (Phi) is 3.76. The predicted octanol–water partition coefficient (Wildman–Crippen LogP) is 1.95. The van der Waals surface area contributed by atoms with E-state index in [2.05, 4.69) is 53.8 Å². The van der Waals surface area contributed by atoms with E-state index in [0.29, 0.717) is 0 Å². The molecule has 0 radical (unpaired) electrons. The summed E-state index contributed by atoms with van der Waals surface area (Å²) in [5.74, 6) is 1.02. The number of halogens is 1. The standard InChI is InChI=1S/C14H18BrN5/c1-10(16)6-11-7-12(15)2-3-13(11)19-4-5-20-9-17-18-14(20)8-19/h2-3,7,9-10H,4-6,8,16H2,1H3. The molecule has 1 aromatic heterocycles. The summed E-state index contributed by atoms with van der Waals surface area (Å²) in [5, 5.41) is 8.15. The second-order valence-corrected chi connectivity index (χ2v) is 6.23. The Hall–Kier alpha value is -1.40. The third kappa shape index (κ3) is 2.71. The highest BCUT2D eigenvalue weighted by Gasteiger charge is 2.20. The fourth-order valence-corrected chi connectivity index (χ4v) is 3.05. The summed E-state index contributed by atoms with van der Waals surface area (Å²) in [4.78, 5) is 2.36. The van der Waals surface area contributed by atoms with Crippen LogP contribution in [0.3, 0.4) is 0 Å². The van der Waals surface area contributed by atoms with Crippen molar-refractivity contribution in [3.63, 3.8) is 0 Å². The van der Waals surface area contributed by atoms with Crippen LogP contribution in [-0.2, 0) is 19.5 Å². The average molecular weight is 336 g/mol. The lowest BCUT2D eigenvalue weighted by Gasteiger charge is -2.31. The molecule has 0 saturated carbocycles. The Labute approximate surface area is 126 Å². The minimum atomic E-state index is 0.150. The molecule has 0 spiro atoms. The van der Waals surface area contributed by atoms with Crippen molar-refractivity contribution in [1.29, 1.82) is 0 Å². The number of hydrogen-bond donors (Lipinski definition) is 1. The van der Waals surface area contributed by atoms with E-state index in [9.17, 15) is 0 Å². The number of fused-ring (bicyclic) bond motifs is 1. The first kappa shape index (κ1) is 13.6. The van der Waals surface area contributed by atoms with Crippen LogP contribution in [0.15, 0.2) is 29.0 Å². The van der Waals surface area contributed by atoms with E-state index in [1.165, 1.54) is 11.3 Å². The van der Waals surface area contributed by atoms with Gasteiger partial charge in [-0.15, -0.1) is 10.2 Å². The minimum absolute atomic E-state index is 0.150. The second kappa shape index (κ2) is 5.54. The molecule has 0 fully saturated rings. The maximum absolute atomic E-state index is 5.97. The van der Waals surface area contributed by atoms with Crippen molar-refractivity contribution in [3.8, 4) is 0 Å². The van der Waals surface area contributed by atoms with Crippen molar-refractivity contribution in [2.45, 2.75) is 32.5 Å². The molecule has 0 amide bonds. The molecule has 0 bridgehead atoms. The van der Waals surface area contributed by atoms with Gasteiger partial charge in [-0.3, -0.25) is 0 Å². The van der Waals surface area contributed by atoms with Crippen molar-refractivity contribution in [1.82, 2.24) is 14.8 Å². The van der Waals surface area contributed by atoms with Gasteiger partial charge in [-0.05, 0) is 37.1 Å². The topological polar surface area (TPSA) is 60.0 Å². The quantitative estimate of drug-likeness (QED) is 0.931. The summed E-state index contributed by atoms with van der Waals surface area (Å²) in [7, 11) is 0. The summed E-state index contributed by atoms with van der Waals surface area (Å²) >= 11 is 3.54. The second-order valence-electron chi connectivity index (χ2n) is 5.32. The zero-order valence-corrected chi connectivity index (χ0v) is 13.0. The van der Waals surface area contributed by atoms with Crippen LogP contribution in [0, 0.1) is 0 Å². The molecule has 6 heteroatoms. The summed E-state index contributed by atoms with van der Waals surface area (Å²) in [6.45, 7) is 4.74. The van der Waals surface area contributed by atoms with Gasteiger partial charge in [0.05, 0.1) is 6.54 Å². The van der Waals surface area contributed by atoms with Crippen LogP contribution in [0.1, 0.15) is 18.3 Å². The third-order valence-electron chi connectivity index (χ3n) is 3.56. The van der Waals surface area contributed by atoms with E-state index in [-0.39, 0.29) is 6.04 Å². The molecule has 106 valence electrons. The monoisotopic (exact) mass is 335 g/mol. The van der Waals surface area contributed by atoms with E-state index in [4.69, 9.17) is 5.73 Å². The van der Waals surface area contributed by atoms with Gasteiger partial charge in [0.1, 0.15) is 6.33 Å². The van der Waals surface area contributed by atoms with E-state index >= 15 is 0 Å². The molecule has 0 aliphatic carbocycles. The van der Waals surface area contributed by atoms with Gasteiger partial charge in [0.15, 0.2) is 5.82 Å². The van der Waals surface area contributed by atoms with Crippen LogP contribution >= 0.6 is 15.9 Å². The number of hydrogen-bond acceptors (Lipinski definition) is 4. The van der Waals surface area contributed by atoms with Gasteiger partial charge in [-0.2, -0.15) is 0 Å². The van der Waals surface area contributed by atoms with Crippen LogP contribution in [-0.4, -0.2) is 27.4 Å². The molecular formula is C14H18BrN5. The summed E-state index contributed by atoms with van der Waals surface area (Å²) in [6, 6.07) is 6.56. The van der Waals surface area contributed by atoms with Gasteiger partial charge in [0.2, 0.25) is 0 Å². The average Bonchev–Trinajstić information content (AvgIpc) is 2.85. The highest BCUT2D eigenvalue weighted by Crippen LogP contribution is 2.28. The molecule has 2 aromatic rings. The molecule has 2 heterocycles. The molecule has 1 aliphatic rings. The van der Waals surface area contributed by atoms with E-state index < -0.39 is 0 Å². The molecular weight excluding hydrogens is 318 g/mol. The zero-order valence-electron chi connectivity index (χ0n) is 11.5. The lowest BCUT2D eigenvalue weighted by atomic mass is 10.0. The van der Waals surface area contributed by atoms with Crippen molar-refractivity contribution in [2.75, 3.05) is 11.4 Å². The Morgan fingerprint density at radius 3 is 3.05 bits per heavy atom. The number of nitrogens with zero attached hydrogens (tertiary/aromatic N) is 4. The van der Waals surface area contributed by atoms with Gasteiger partial charge >= 0.3 is 0 Å². The van der Waals surface area contributed by atoms with Crippen molar-refractivity contribution < 1.29 is 0 Å². The van der Waals surface area contributed by atoms with E-state index in [1.807, 2.05) is 6.92 Å². The van der Waals surface area contributed by atoms with Gasteiger partial charge in [-0.25, -0.2) is 0 Å². The molecule has 1 aromatic carbocycles. The first-order chi connectivity index (χ1) is 9.63. The fourth-order valence-electron chi connectivity index (χ4n) is 2.64. The SMILES string of the molecule is CC(N)Cc1cc(Br)ccc1N1CCn2cnnc2C1. The highest BCUT2D eigenvalue weighted by atomic mass is 79.9. The largest absolute Gasteiger partial charge is 0.362 e. The number of benzene rings is 1.